The summed E-state index contributed by atoms with van der Waals surface area (Å²) in [7, 11) is -7.44. The van der Waals surface area contributed by atoms with Crippen LogP contribution in [0.4, 0.5) is 21.0 Å². The van der Waals surface area contributed by atoms with Gasteiger partial charge in [0, 0.05) is 11.4 Å². The highest BCUT2D eigenvalue weighted by Gasteiger charge is 2.40. The average Bonchev–Trinajstić information content (AvgIpc) is 3.71. The van der Waals surface area contributed by atoms with E-state index in [-0.39, 0.29) is 17.6 Å². The van der Waals surface area contributed by atoms with E-state index >= 15 is 0 Å². The third-order valence-corrected chi connectivity index (χ3v) is 11.4. The molecule has 232 valence electrons. The van der Waals surface area contributed by atoms with Gasteiger partial charge in [0.1, 0.15) is 0 Å². The van der Waals surface area contributed by atoms with Crippen molar-refractivity contribution >= 4 is 43.5 Å². The molecular formula is C31H40N4O6S2. The standard InChI is InChI=1S/C31H40N4O6S2/c1-3-4-15-43(40,41)35-31(37)32-28-21-9-6-8-19(21)17-26-23(13-14-25(26)28)24-12-11-20-16-18-7-5-10-22(18)29(27(20)24)33-30(36)34-42(2,38)39/h16-17,23-24H,3-15H2,1-2H3,(H2,32,35,37)(H2,33,34,36). The number of unbranched alkanes of at least 4 members (excludes halogenated alkanes) is 1. The summed E-state index contributed by atoms with van der Waals surface area (Å²) in [4.78, 5) is 25.8. The van der Waals surface area contributed by atoms with Crippen LogP contribution < -0.4 is 20.1 Å². The molecule has 43 heavy (non-hydrogen) atoms. The van der Waals surface area contributed by atoms with Crippen LogP contribution in [0.15, 0.2) is 12.1 Å². The van der Waals surface area contributed by atoms with E-state index in [2.05, 4.69) is 32.2 Å². The fourth-order valence-electron chi connectivity index (χ4n) is 7.86. The van der Waals surface area contributed by atoms with Gasteiger partial charge in [0.05, 0.1) is 12.0 Å². The summed E-state index contributed by atoms with van der Waals surface area (Å²) in [6.45, 7) is 1.90. The molecule has 2 unspecified atom stereocenters. The molecule has 2 aromatic rings. The molecular weight excluding hydrogens is 588 g/mol. The number of urea groups is 2. The minimum absolute atomic E-state index is 0.0899. The normalized spacial score (nSPS) is 20.2. The van der Waals surface area contributed by atoms with E-state index in [1.54, 1.807) is 0 Å². The fraction of sp³-hybridized carbons (Fsp3) is 0.548. The van der Waals surface area contributed by atoms with Crippen molar-refractivity contribution in [3.05, 3.63) is 56.6 Å². The van der Waals surface area contributed by atoms with Crippen molar-refractivity contribution in [2.75, 3.05) is 22.6 Å². The summed E-state index contributed by atoms with van der Waals surface area (Å²) < 4.78 is 52.7. The lowest BCUT2D eigenvalue weighted by Gasteiger charge is -2.26. The first-order valence-electron chi connectivity index (χ1n) is 15.4. The zero-order valence-electron chi connectivity index (χ0n) is 24.8. The zero-order chi connectivity index (χ0) is 30.5. The second kappa shape index (κ2) is 11.4. The van der Waals surface area contributed by atoms with Gasteiger partial charge in [-0.15, -0.1) is 0 Å². The molecule has 4 aliphatic carbocycles. The van der Waals surface area contributed by atoms with Gasteiger partial charge in [0.25, 0.3) is 0 Å². The number of benzene rings is 2. The molecule has 2 atom stereocenters. The SMILES string of the molecule is CCCCS(=O)(=O)NC(=O)Nc1c2c(cc3c1CCC3C1CCc3cc4c(c(NC(=O)NS(C)(=O)=O)c31)CCC4)CCC2. The lowest BCUT2D eigenvalue weighted by atomic mass is 9.81. The third kappa shape index (κ3) is 6.00. The van der Waals surface area contributed by atoms with Crippen molar-refractivity contribution in [1.82, 2.24) is 9.44 Å². The van der Waals surface area contributed by atoms with Crippen LogP contribution in [0, 0.1) is 0 Å². The maximum absolute atomic E-state index is 13.0. The third-order valence-electron chi connectivity index (χ3n) is 9.52. The minimum atomic E-state index is -3.72. The van der Waals surface area contributed by atoms with E-state index in [0.717, 1.165) is 111 Å². The molecule has 0 heterocycles. The summed E-state index contributed by atoms with van der Waals surface area (Å²) in [5, 5.41) is 5.89. The molecule has 0 fully saturated rings. The summed E-state index contributed by atoms with van der Waals surface area (Å²) in [6.07, 6.45) is 11.1. The topological polar surface area (TPSA) is 151 Å². The number of amides is 4. The molecule has 12 heteroatoms. The van der Waals surface area contributed by atoms with Gasteiger partial charge in [-0.1, -0.05) is 25.5 Å². The van der Waals surface area contributed by atoms with Gasteiger partial charge >= 0.3 is 12.1 Å². The number of hydrogen-bond acceptors (Lipinski definition) is 6. The van der Waals surface area contributed by atoms with E-state index < -0.39 is 32.1 Å². The zero-order valence-corrected chi connectivity index (χ0v) is 26.4. The lowest BCUT2D eigenvalue weighted by Crippen LogP contribution is -2.36. The second-order valence-electron chi connectivity index (χ2n) is 12.5. The van der Waals surface area contributed by atoms with Crippen molar-refractivity contribution < 1.29 is 26.4 Å². The molecule has 4 N–H and O–H groups in total. The molecule has 0 bridgehead atoms. The number of rotatable bonds is 8. The number of carbonyl (C=O) groups is 2. The molecule has 6 rings (SSSR count). The van der Waals surface area contributed by atoms with Gasteiger partial charge in [-0.05, 0) is 127 Å². The molecule has 2 aromatic carbocycles. The Labute approximate surface area is 253 Å². The number of aryl methyl sites for hydroxylation is 3. The molecule has 0 saturated carbocycles. The first kappa shape index (κ1) is 29.9. The van der Waals surface area contributed by atoms with Crippen molar-refractivity contribution in [3.8, 4) is 0 Å². The molecule has 4 amide bonds. The highest BCUT2D eigenvalue weighted by molar-refractivity contribution is 7.90. The number of nitrogens with one attached hydrogen (secondary N) is 4. The predicted octanol–water partition coefficient (Wildman–Crippen LogP) is 4.76. The van der Waals surface area contributed by atoms with Gasteiger partial charge in [0.2, 0.25) is 20.0 Å². The number of anilines is 2. The van der Waals surface area contributed by atoms with Crippen molar-refractivity contribution in [1.29, 1.82) is 0 Å². The fourth-order valence-corrected chi connectivity index (χ4v) is 9.36. The van der Waals surface area contributed by atoms with Crippen LogP contribution in [0.3, 0.4) is 0 Å². The Morgan fingerprint density at radius 1 is 0.744 bits per heavy atom. The molecule has 0 aromatic heterocycles. The molecule has 10 nitrogen and oxygen atoms in total. The van der Waals surface area contributed by atoms with Crippen LogP contribution in [0.2, 0.25) is 0 Å². The van der Waals surface area contributed by atoms with E-state index in [0.29, 0.717) is 6.42 Å². The van der Waals surface area contributed by atoms with Crippen LogP contribution in [-0.2, 0) is 58.6 Å². The smallest absolute Gasteiger partial charge is 0.307 e. The van der Waals surface area contributed by atoms with Gasteiger partial charge in [-0.25, -0.2) is 35.9 Å². The van der Waals surface area contributed by atoms with Gasteiger partial charge in [0.15, 0.2) is 0 Å². The van der Waals surface area contributed by atoms with Crippen molar-refractivity contribution in [2.45, 2.75) is 95.8 Å². The molecule has 0 aliphatic heterocycles. The Hall–Kier alpha value is -3.12. The minimum Gasteiger partial charge on any atom is -0.307 e. The Morgan fingerprint density at radius 3 is 2.07 bits per heavy atom. The number of sulfonamides is 2. The highest BCUT2D eigenvalue weighted by Crippen LogP contribution is 2.55. The summed E-state index contributed by atoms with van der Waals surface area (Å²) >= 11 is 0. The van der Waals surface area contributed by atoms with Crippen LogP contribution in [-0.4, -0.2) is 40.9 Å². The van der Waals surface area contributed by atoms with Gasteiger partial charge in [-0.2, -0.15) is 0 Å². The van der Waals surface area contributed by atoms with E-state index in [1.807, 2.05) is 6.92 Å². The largest absolute Gasteiger partial charge is 0.332 e. The first-order chi connectivity index (χ1) is 20.4. The Kier molecular flexibility index (Phi) is 7.95. The van der Waals surface area contributed by atoms with Crippen LogP contribution in [0.5, 0.6) is 0 Å². The lowest BCUT2D eigenvalue weighted by molar-refractivity contribution is 0.255. The quantitative estimate of drug-likeness (QED) is 0.331. The van der Waals surface area contributed by atoms with Gasteiger partial charge < -0.3 is 10.6 Å². The molecule has 0 radical (unpaired) electrons. The van der Waals surface area contributed by atoms with E-state index in [4.69, 9.17) is 0 Å². The van der Waals surface area contributed by atoms with Crippen LogP contribution in [0.25, 0.3) is 0 Å². The summed E-state index contributed by atoms with van der Waals surface area (Å²) in [6, 6.07) is 3.12. The number of hydrogen-bond donors (Lipinski definition) is 4. The van der Waals surface area contributed by atoms with E-state index in [9.17, 15) is 26.4 Å². The van der Waals surface area contributed by atoms with Gasteiger partial charge in [-0.3, -0.25) is 0 Å². The number of carbonyl (C=O) groups excluding carboxylic acids is 2. The highest BCUT2D eigenvalue weighted by atomic mass is 32.2. The monoisotopic (exact) mass is 628 g/mol. The van der Waals surface area contributed by atoms with Crippen LogP contribution >= 0.6 is 0 Å². The van der Waals surface area contributed by atoms with E-state index in [1.165, 1.54) is 22.3 Å². The number of fused-ring (bicyclic) bond motifs is 4. The Morgan fingerprint density at radius 2 is 1.37 bits per heavy atom. The summed E-state index contributed by atoms with van der Waals surface area (Å²) in [5.74, 6) is 0.205. The second-order valence-corrected chi connectivity index (χ2v) is 16.1. The van der Waals surface area contributed by atoms with Crippen LogP contribution in [0.1, 0.15) is 102 Å². The predicted molar refractivity (Wildman–Crippen MR) is 167 cm³/mol. The Balaban J connectivity index is 1.35. The summed E-state index contributed by atoms with van der Waals surface area (Å²) in [5.41, 5.74) is 10.7. The maximum Gasteiger partial charge on any atom is 0.332 e. The molecule has 4 aliphatic rings. The average molecular weight is 629 g/mol. The molecule has 0 saturated heterocycles. The maximum atomic E-state index is 13.0. The van der Waals surface area contributed by atoms with Crippen molar-refractivity contribution in [3.63, 3.8) is 0 Å². The Bertz CT molecular complexity index is 1720. The first-order valence-corrected chi connectivity index (χ1v) is 18.9. The van der Waals surface area contributed by atoms with Crippen molar-refractivity contribution in [2.24, 2.45) is 0 Å². The molecule has 0 spiro atoms.